The molecule has 3 rings (SSSR count). The minimum absolute atomic E-state index is 0.217. The number of phenolic OH excluding ortho intramolecular Hbond substituents is 2. The zero-order valence-electron chi connectivity index (χ0n) is 12.9. The average Bonchev–Trinajstić information content (AvgIpc) is 2.61. The molecule has 24 heavy (non-hydrogen) atoms. The second-order valence-electron chi connectivity index (χ2n) is 4.98. The number of phenols is 2. The molecule has 5 heteroatoms. The quantitative estimate of drug-likeness (QED) is 0.333. The number of rotatable bonds is 3. The molecule has 0 bridgehead atoms. The normalized spacial score (nSPS) is 9.50. The topological polar surface area (TPSA) is 95.6 Å². The van der Waals surface area contributed by atoms with Crippen molar-refractivity contribution >= 4 is 23.3 Å². The second kappa shape index (κ2) is 8.24. The van der Waals surface area contributed by atoms with Crippen molar-refractivity contribution in [2.24, 2.45) is 0 Å². The van der Waals surface area contributed by atoms with Crippen LogP contribution in [0.2, 0.25) is 0 Å². The summed E-state index contributed by atoms with van der Waals surface area (Å²) in [5.74, 6) is -0.491. The summed E-state index contributed by atoms with van der Waals surface area (Å²) in [5, 5.41) is 20.9. The van der Waals surface area contributed by atoms with E-state index in [2.05, 4.69) is 5.32 Å². The molecule has 0 aromatic heterocycles. The van der Waals surface area contributed by atoms with Gasteiger partial charge in [-0.2, -0.15) is 0 Å². The van der Waals surface area contributed by atoms with E-state index in [-0.39, 0.29) is 11.5 Å². The van der Waals surface area contributed by atoms with E-state index in [1.165, 1.54) is 18.2 Å². The largest absolute Gasteiger partial charge is 0.504 e. The standard InChI is InChI=1S/C12H12N2.C7H6O3/c13-10-6-8-12(9-7-10)14-11-4-2-1-3-5-11;8-4-5-1-2-6(9)7(10)3-5/h1-9,14H,13H2;1-4,9-10H. The average molecular weight is 322 g/mol. The fourth-order valence-corrected chi connectivity index (χ4v) is 1.87. The molecule has 0 fully saturated rings. The summed E-state index contributed by atoms with van der Waals surface area (Å²) >= 11 is 0. The van der Waals surface area contributed by atoms with Crippen molar-refractivity contribution < 1.29 is 15.0 Å². The van der Waals surface area contributed by atoms with Crippen molar-refractivity contribution in [3.8, 4) is 11.5 Å². The van der Waals surface area contributed by atoms with Crippen molar-refractivity contribution in [3.05, 3.63) is 78.4 Å². The van der Waals surface area contributed by atoms with Gasteiger partial charge in [0.25, 0.3) is 0 Å². The van der Waals surface area contributed by atoms with Crippen LogP contribution in [0.3, 0.4) is 0 Å². The Morgan fingerprint density at radius 1 is 0.792 bits per heavy atom. The summed E-state index contributed by atoms with van der Waals surface area (Å²) in [6.07, 6.45) is 0.596. The lowest BCUT2D eigenvalue weighted by Crippen LogP contribution is -1.90. The third-order valence-corrected chi connectivity index (χ3v) is 3.11. The highest BCUT2D eigenvalue weighted by Gasteiger charge is 1.97. The number of hydrogen-bond acceptors (Lipinski definition) is 5. The number of carbonyl (C=O) groups is 1. The number of hydrogen-bond donors (Lipinski definition) is 4. The first kappa shape index (κ1) is 16.9. The highest BCUT2D eigenvalue weighted by atomic mass is 16.3. The number of para-hydroxylation sites is 1. The molecule has 0 saturated carbocycles. The van der Waals surface area contributed by atoms with Gasteiger partial charge < -0.3 is 21.3 Å². The predicted molar refractivity (Wildman–Crippen MR) is 95.7 cm³/mol. The number of nitrogens with two attached hydrogens (primary N) is 1. The Morgan fingerprint density at radius 3 is 2.00 bits per heavy atom. The van der Waals surface area contributed by atoms with Crippen LogP contribution < -0.4 is 11.1 Å². The molecule has 0 saturated heterocycles. The summed E-state index contributed by atoms with van der Waals surface area (Å²) in [6.45, 7) is 0. The molecule has 0 aliphatic carbocycles. The van der Waals surface area contributed by atoms with Gasteiger partial charge in [-0.3, -0.25) is 4.79 Å². The van der Waals surface area contributed by atoms with Crippen LogP contribution in [0.15, 0.2) is 72.8 Å². The van der Waals surface area contributed by atoms with E-state index in [1.54, 1.807) is 0 Å². The lowest BCUT2D eigenvalue weighted by atomic mass is 10.2. The lowest BCUT2D eigenvalue weighted by Gasteiger charge is -2.05. The molecule has 122 valence electrons. The van der Waals surface area contributed by atoms with Gasteiger partial charge in [-0.25, -0.2) is 0 Å². The first-order valence-electron chi connectivity index (χ1n) is 7.23. The number of carbonyl (C=O) groups excluding carboxylic acids is 1. The Bertz CT molecular complexity index is 787. The number of aromatic hydroxyl groups is 2. The molecule has 0 amide bonds. The van der Waals surface area contributed by atoms with E-state index in [9.17, 15) is 4.79 Å². The molecule has 3 aromatic carbocycles. The fraction of sp³-hybridized carbons (Fsp3) is 0. The first-order chi connectivity index (χ1) is 11.6. The fourth-order valence-electron chi connectivity index (χ4n) is 1.87. The van der Waals surface area contributed by atoms with Gasteiger partial charge in [0.1, 0.15) is 6.29 Å². The molecule has 0 spiro atoms. The molecule has 0 heterocycles. The molecule has 0 atom stereocenters. The van der Waals surface area contributed by atoms with Crippen LogP contribution in [0.5, 0.6) is 11.5 Å². The van der Waals surface area contributed by atoms with Crippen LogP contribution in [0.4, 0.5) is 17.1 Å². The summed E-state index contributed by atoms with van der Waals surface area (Å²) in [6, 6.07) is 21.6. The molecule has 0 aliphatic heterocycles. The Kier molecular flexibility index (Phi) is 5.80. The Morgan fingerprint density at radius 2 is 1.42 bits per heavy atom. The van der Waals surface area contributed by atoms with Gasteiger partial charge in [0.05, 0.1) is 0 Å². The van der Waals surface area contributed by atoms with Crippen LogP contribution in [-0.2, 0) is 0 Å². The van der Waals surface area contributed by atoms with Gasteiger partial charge >= 0.3 is 0 Å². The van der Waals surface area contributed by atoms with Gasteiger partial charge in [-0.05, 0) is 54.6 Å². The maximum Gasteiger partial charge on any atom is 0.158 e. The second-order valence-corrected chi connectivity index (χ2v) is 4.98. The van der Waals surface area contributed by atoms with Crippen LogP contribution in [-0.4, -0.2) is 16.5 Å². The maximum absolute atomic E-state index is 10.1. The van der Waals surface area contributed by atoms with Gasteiger partial charge in [0.15, 0.2) is 11.5 Å². The highest BCUT2D eigenvalue weighted by molar-refractivity contribution is 5.76. The molecule has 5 nitrogen and oxygen atoms in total. The number of anilines is 3. The lowest BCUT2D eigenvalue weighted by molar-refractivity contribution is 0.112. The number of benzene rings is 3. The third kappa shape index (κ3) is 5.06. The van der Waals surface area contributed by atoms with Gasteiger partial charge in [0, 0.05) is 22.6 Å². The van der Waals surface area contributed by atoms with E-state index in [1.807, 2.05) is 54.6 Å². The van der Waals surface area contributed by atoms with Crippen LogP contribution >= 0.6 is 0 Å². The minimum Gasteiger partial charge on any atom is -0.504 e. The molecule has 0 aliphatic rings. The van der Waals surface area contributed by atoms with Crippen molar-refractivity contribution in [3.63, 3.8) is 0 Å². The molecule has 5 N–H and O–H groups in total. The smallest absolute Gasteiger partial charge is 0.158 e. The van der Waals surface area contributed by atoms with E-state index in [0.29, 0.717) is 11.8 Å². The zero-order chi connectivity index (χ0) is 17.4. The molecular formula is C19H18N2O3. The van der Waals surface area contributed by atoms with E-state index >= 15 is 0 Å². The van der Waals surface area contributed by atoms with E-state index < -0.39 is 0 Å². The van der Waals surface area contributed by atoms with Gasteiger partial charge in [-0.1, -0.05) is 18.2 Å². The zero-order valence-corrected chi connectivity index (χ0v) is 12.9. The summed E-state index contributed by atoms with van der Waals surface area (Å²) in [7, 11) is 0. The number of nitrogen functional groups attached to an aromatic ring is 1. The number of aldehydes is 1. The van der Waals surface area contributed by atoms with Gasteiger partial charge in [0.2, 0.25) is 0 Å². The van der Waals surface area contributed by atoms with E-state index in [4.69, 9.17) is 15.9 Å². The van der Waals surface area contributed by atoms with Crippen molar-refractivity contribution in [2.75, 3.05) is 11.1 Å². The van der Waals surface area contributed by atoms with E-state index in [0.717, 1.165) is 17.1 Å². The summed E-state index contributed by atoms with van der Waals surface area (Å²) in [5.41, 5.74) is 8.84. The van der Waals surface area contributed by atoms with Crippen molar-refractivity contribution in [1.29, 1.82) is 0 Å². The highest BCUT2D eigenvalue weighted by Crippen LogP contribution is 2.23. The van der Waals surface area contributed by atoms with Crippen molar-refractivity contribution in [2.45, 2.75) is 0 Å². The third-order valence-electron chi connectivity index (χ3n) is 3.11. The molecular weight excluding hydrogens is 304 g/mol. The van der Waals surface area contributed by atoms with Crippen molar-refractivity contribution in [1.82, 2.24) is 0 Å². The number of nitrogens with one attached hydrogen (secondary N) is 1. The first-order valence-corrected chi connectivity index (χ1v) is 7.23. The van der Waals surface area contributed by atoms with Crippen LogP contribution in [0.1, 0.15) is 10.4 Å². The molecule has 0 radical (unpaired) electrons. The molecule has 0 unspecified atom stereocenters. The Hall–Kier alpha value is -3.47. The monoisotopic (exact) mass is 322 g/mol. The van der Waals surface area contributed by atoms with Gasteiger partial charge in [-0.15, -0.1) is 0 Å². The minimum atomic E-state index is -0.274. The Labute approximate surface area is 140 Å². The van der Waals surface area contributed by atoms with Crippen LogP contribution in [0, 0.1) is 0 Å². The predicted octanol–water partition coefficient (Wildman–Crippen LogP) is 3.92. The SMILES string of the molecule is Nc1ccc(Nc2ccccc2)cc1.O=Cc1ccc(O)c(O)c1. The molecule has 3 aromatic rings. The summed E-state index contributed by atoms with van der Waals surface area (Å²) < 4.78 is 0. The Balaban J connectivity index is 0.000000185. The van der Waals surface area contributed by atoms with Crippen LogP contribution in [0.25, 0.3) is 0 Å². The summed E-state index contributed by atoms with van der Waals surface area (Å²) in [4.78, 5) is 10.1. The maximum atomic E-state index is 10.1.